The lowest BCUT2D eigenvalue weighted by molar-refractivity contribution is -0.0497. The smallest absolute Gasteiger partial charge is 0.387 e. The minimum absolute atomic E-state index is 0.0486. The summed E-state index contributed by atoms with van der Waals surface area (Å²) in [5.41, 5.74) is 1.48. The molecule has 0 unspecified atom stereocenters. The topological polar surface area (TPSA) is 47.0 Å². The molecule has 2 aromatic rings. The van der Waals surface area contributed by atoms with Crippen molar-refractivity contribution in [3.05, 3.63) is 34.3 Å². The van der Waals surface area contributed by atoms with Gasteiger partial charge in [0.2, 0.25) is 0 Å². The number of benzene rings is 1. The van der Waals surface area contributed by atoms with E-state index in [9.17, 15) is 8.78 Å². The lowest BCUT2D eigenvalue weighted by Gasteiger charge is -2.09. The van der Waals surface area contributed by atoms with E-state index in [4.69, 9.17) is 11.6 Å². The monoisotopic (exact) mass is 291 g/mol. The van der Waals surface area contributed by atoms with Crippen molar-refractivity contribution in [1.82, 2.24) is 9.59 Å². The van der Waals surface area contributed by atoms with Crippen LogP contribution in [0.3, 0.4) is 0 Å². The predicted octanol–water partition coefficient (Wildman–Crippen LogP) is 3.41. The van der Waals surface area contributed by atoms with Gasteiger partial charge in [-0.2, -0.15) is 8.78 Å². The Bertz CT molecular complexity index is 510. The molecule has 2 rings (SSSR count). The Hall–Kier alpha value is -1.47. The highest BCUT2D eigenvalue weighted by atomic mass is 35.5. The number of ether oxygens (including phenoxy) is 1. The summed E-state index contributed by atoms with van der Waals surface area (Å²) in [5.74, 6) is -0.0486. The van der Waals surface area contributed by atoms with Crippen LogP contribution in [0, 0.1) is 0 Å². The van der Waals surface area contributed by atoms with E-state index in [0.717, 1.165) is 5.69 Å². The van der Waals surface area contributed by atoms with Gasteiger partial charge in [-0.3, -0.25) is 0 Å². The maximum Gasteiger partial charge on any atom is 0.387 e. The molecular weight excluding hydrogens is 284 g/mol. The molecular formula is C10H8ClF2N3OS. The van der Waals surface area contributed by atoms with E-state index in [-0.39, 0.29) is 10.8 Å². The van der Waals surface area contributed by atoms with Crippen LogP contribution in [-0.2, 0) is 6.54 Å². The van der Waals surface area contributed by atoms with Crippen molar-refractivity contribution in [2.24, 2.45) is 0 Å². The summed E-state index contributed by atoms with van der Waals surface area (Å²) in [6, 6.07) is 4.50. The zero-order chi connectivity index (χ0) is 13.0. The summed E-state index contributed by atoms with van der Waals surface area (Å²) in [4.78, 5) is 0. The second-order valence-corrected chi connectivity index (χ2v) is 4.29. The largest absolute Gasteiger partial charge is 0.433 e. The van der Waals surface area contributed by atoms with E-state index < -0.39 is 6.61 Å². The van der Waals surface area contributed by atoms with Crippen molar-refractivity contribution < 1.29 is 13.5 Å². The number of anilines is 1. The first kappa shape index (κ1) is 13.0. The second-order valence-electron chi connectivity index (χ2n) is 3.27. The quantitative estimate of drug-likeness (QED) is 0.917. The molecule has 0 amide bonds. The fraction of sp³-hybridized carbons (Fsp3) is 0.200. The summed E-state index contributed by atoms with van der Waals surface area (Å²) in [5, 5.41) is 8.84. The number of nitrogens with zero attached hydrogens (tertiary/aromatic N) is 2. The van der Waals surface area contributed by atoms with Crippen LogP contribution in [0.5, 0.6) is 5.75 Å². The van der Waals surface area contributed by atoms with Crippen molar-refractivity contribution in [2.75, 3.05) is 5.32 Å². The molecule has 0 spiro atoms. The molecule has 4 nitrogen and oxygen atoms in total. The number of nitrogens with one attached hydrogen (secondary N) is 1. The molecule has 0 fully saturated rings. The zero-order valence-corrected chi connectivity index (χ0v) is 10.5. The summed E-state index contributed by atoms with van der Waals surface area (Å²) in [7, 11) is 0. The summed E-state index contributed by atoms with van der Waals surface area (Å²) < 4.78 is 32.0. The molecule has 0 aliphatic rings. The second kappa shape index (κ2) is 5.92. The first-order chi connectivity index (χ1) is 8.65. The minimum Gasteiger partial charge on any atom is -0.433 e. The molecule has 0 aliphatic carbocycles. The van der Waals surface area contributed by atoms with Crippen molar-refractivity contribution >= 4 is 28.8 Å². The molecule has 1 aromatic heterocycles. The van der Waals surface area contributed by atoms with Gasteiger partial charge in [-0.15, -0.1) is 5.10 Å². The maximum atomic E-state index is 12.0. The van der Waals surface area contributed by atoms with E-state index in [1.54, 1.807) is 6.07 Å². The third-order valence-corrected chi connectivity index (χ3v) is 2.88. The van der Waals surface area contributed by atoms with Gasteiger partial charge in [0, 0.05) is 11.1 Å². The van der Waals surface area contributed by atoms with Gasteiger partial charge in [0.05, 0.1) is 17.3 Å². The van der Waals surface area contributed by atoms with Crippen molar-refractivity contribution in [2.45, 2.75) is 13.2 Å². The first-order valence-electron chi connectivity index (χ1n) is 4.89. The highest BCUT2D eigenvalue weighted by Gasteiger charge is 2.09. The predicted molar refractivity (Wildman–Crippen MR) is 65.3 cm³/mol. The maximum absolute atomic E-state index is 12.0. The van der Waals surface area contributed by atoms with E-state index >= 15 is 0 Å². The van der Waals surface area contributed by atoms with Gasteiger partial charge in [0.25, 0.3) is 0 Å². The molecule has 0 bridgehead atoms. The first-order valence-corrected chi connectivity index (χ1v) is 6.11. The average Bonchev–Trinajstić information content (AvgIpc) is 2.82. The summed E-state index contributed by atoms with van der Waals surface area (Å²) in [6.45, 7) is -2.40. The molecule has 96 valence electrons. The molecule has 0 radical (unpaired) electrons. The molecule has 1 heterocycles. The van der Waals surface area contributed by atoms with Crippen LogP contribution in [-0.4, -0.2) is 16.2 Å². The van der Waals surface area contributed by atoms with E-state index in [1.807, 2.05) is 5.38 Å². The van der Waals surface area contributed by atoms with Gasteiger partial charge in [-0.25, -0.2) is 0 Å². The standard InChI is InChI=1S/C10H8ClF2N3OS/c11-8-3-6(1-2-9(8)17-10(12)13)14-4-7-5-18-16-15-7/h1-3,5,10,14H,4H2. The molecule has 1 N–H and O–H groups in total. The Labute approximate surface area is 111 Å². The number of aromatic nitrogens is 2. The van der Waals surface area contributed by atoms with Crippen LogP contribution in [0.4, 0.5) is 14.5 Å². The zero-order valence-electron chi connectivity index (χ0n) is 8.94. The minimum atomic E-state index is -2.89. The lowest BCUT2D eigenvalue weighted by Crippen LogP contribution is -2.03. The van der Waals surface area contributed by atoms with E-state index in [1.165, 1.54) is 23.7 Å². The van der Waals surface area contributed by atoms with Crippen LogP contribution in [0.1, 0.15) is 5.69 Å². The summed E-state index contributed by atoms with van der Waals surface area (Å²) >= 11 is 7.07. The number of hydrogen-bond acceptors (Lipinski definition) is 5. The normalized spacial score (nSPS) is 10.7. The van der Waals surface area contributed by atoms with Gasteiger partial charge in [-0.05, 0) is 29.7 Å². The van der Waals surface area contributed by atoms with Gasteiger partial charge < -0.3 is 10.1 Å². The Morgan fingerprint density at radius 3 is 2.89 bits per heavy atom. The van der Waals surface area contributed by atoms with Crippen LogP contribution in [0.2, 0.25) is 5.02 Å². The Morgan fingerprint density at radius 2 is 2.28 bits per heavy atom. The lowest BCUT2D eigenvalue weighted by atomic mass is 10.3. The highest BCUT2D eigenvalue weighted by Crippen LogP contribution is 2.29. The summed E-state index contributed by atoms with van der Waals surface area (Å²) in [6.07, 6.45) is 0. The Morgan fingerprint density at radius 1 is 1.44 bits per heavy atom. The van der Waals surface area contributed by atoms with Crippen LogP contribution in [0.25, 0.3) is 0 Å². The van der Waals surface area contributed by atoms with Gasteiger partial charge in [0.1, 0.15) is 5.75 Å². The van der Waals surface area contributed by atoms with Crippen molar-refractivity contribution in [1.29, 1.82) is 0 Å². The van der Waals surface area contributed by atoms with Gasteiger partial charge >= 0.3 is 6.61 Å². The van der Waals surface area contributed by atoms with Crippen LogP contribution in [0.15, 0.2) is 23.6 Å². The molecule has 1 aromatic carbocycles. The van der Waals surface area contributed by atoms with Crippen molar-refractivity contribution in [3.63, 3.8) is 0 Å². The Kier molecular flexibility index (Phi) is 4.27. The number of alkyl halides is 2. The molecule has 0 saturated carbocycles. The average molecular weight is 292 g/mol. The molecule has 0 aliphatic heterocycles. The van der Waals surface area contributed by atoms with Gasteiger partial charge in [-0.1, -0.05) is 16.1 Å². The van der Waals surface area contributed by atoms with Crippen LogP contribution >= 0.6 is 23.1 Å². The van der Waals surface area contributed by atoms with Crippen LogP contribution < -0.4 is 10.1 Å². The number of rotatable bonds is 5. The van der Waals surface area contributed by atoms with Gasteiger partial charge in [0.15, 0.2) is 0 Å². The van der Waals surface area contributed by atoms with E-state index in [0.29, 0.717) is 12.2 Å². The highest BCUT2D eigenvalue weighted by molar-refractivity contribution is 7.03. The Balaban J connectivity index is 2.00. The number of hydrogen-bond donors (Lipinski definition) is 1. The third kappa shape index (κ3) is 3.51. The molecule has 0 atom stereocenters. The SMILES string of the molecule is FC(F)Oc1ccc(NCc2csnn2)cc1Cl. The molecule has 0 saturated heterocycles. The molecule has 8 heteroatoms. The van der Waals surface area contributed by atoms with Crippen molar-refractivity contribution in [3.8, 4) is 5.75 Å². The third-order valence-electron chi connectivity index (χ3n) is 2.03. The van der Waals surface area contributed by atoms with E-state index in [2.05, 4.69) is 19.6 Å². The fourth-order valence-electron chi connectivity index (χ4n) is 1.26. The molecule has 18 heavy (non-hydrogen) atoms. The fourth-order valence-corrected chi connectivity index (χ4v) is 1.93. The number of halogens is 3.